The smallest absolute Gasteiger partial charge is 0.272 e. The minimum absolute atomic E-state index is 0.0656. The number of nitro benzene ring substituents is 1. The van der Waals surface area contributed by atoms with Crippen LogP contribution in [0.25, 0.3) is 0 Å². The van der Waals surface area contributed by atoms with Gasteiger partial charge >= 0.3 is 0 Å². The summed E-state index contributed by atoms with van der Waals surface area (Å²) in [6.45, 7) is 3.65. The van der Waals surface area contributed by atoms with Crippen molar-refractivity contribution in [3.8, 4) is 0 Å². The van der Waals surface area contributed by atoms with Crippen LogP contribution in [-0.2, 0) is 5.60 Å². The van der Waals surface area contributed by atoms with Crippen molar-refractivity contribution in [2.45, 2.75) is 18.6 Å². The molecule has 1 aromatic rings. The van der Waals surface area contributed by atoms with Crippen molar-refractivity contribution >= 4 is 5.69 Å². The molecule has 110 valence electrons. The van der Waals surface area contributed by atoms with E-state index in [2.05, 4.69) is 5.32 Å². The molecule has 0 aliphatic carbocycles. The largest absolute Gasteiger partial charge is 0.384 e. The third-order valence-electron chi connectivity index (χ3n) is 3.77. The highest BCUT2D eigenvalue weighted by Gasteiger charge is 2.38. The molecule has 0 radical (unpaired) electrons. The minimum Gasteiger partial charge on any atom is -0.384 e. The summed E-state index contributed by atoms with van der Waals surface area (Å²) in [4.78, 5) is 12.0. The molecule has 7 heteroatoms. The lowest BCUT2D eigenvalue weighted by Gasteiger charge is -2.40. The second kappa shape index (κ2) is 5.43. The summed E-state index contributed by atoms with van der Waals surface area (Å²) in [6.07, 6.45) is 0. The van der Waals surface area contributed by atoms with Crippen LogP contribution in [0.15, 0.2) is 18.2 Å². The van der Waals surface area contributed by atoms with Crippen molar-refractivity contribution in [2.24, 2.45) is 0 Å². The Morgan fingerprint density at radius 1 is 1.60 bits per heavy atom. The van der Waals surface area contributed by atoms with E-state index in [4.69, 9.17) is 0 Å². The van der Waals surface area contributed by atoms with Crippen molar-refractivity contribution < 1.29 is 14.4 Å². The molecular weight excluding hydrogens is 265 g/mol. The van der Waals surface area contributed by atoms with Crippen LogP contribution in [0.1, 0.15) is 12.5 Å². The molecule has 0 aromatic heterocycles. The highest BCUT2D eigenvalue weighted by Crippen LogP contribution is 2.30. The quantitative estimate of drug-likeness (QED) is 0.635. The zero-order chi connectivity index (χ0) is 14.9. The van der Waals surface area contributed by atoms with Crippen LogP contribution in [0.2, 0.25) is 0 Å². The number of nitrogens with one attached hydrogen (secondary N) is 1. The molecular formula is C13H18FN3O3. The molecule has 2 N–H and O–H groups in total. The standard InChI is InChI=1S/C13H18FN3O3/c1-13(18,12-8-16(2)6-5-15-12)10-4-3-9(17(19)20)7-11(10)14/h3-4,7,12,15,18H,5-6,8H2,1-2H3. The van der Waals surface area contributed by atoms with Gasteiger partial charge in [0.1, 0.15) is 11.4 Å². The van der Waals surface area contributed by atoms with Crippen molar-refractivity contribution in [3.63, 3.8) is 0 Å². The predicted octanol–water partition coefficient (Wildman–Crippen LogP) is 0.845. The van der Waals surface area contributed by atoms with Crippen LogP contribution >= 0.6 is 0 Å². The Morgan fingerprint density at radius 3 is 2.85 bits per heavy atom. The highest BCUT2D eigenvalue weighted by molar-refractivity contribution is 5.37. The minimum atomic E-state index is -1.44. The van der Waals surface area contributed by atoms with Gasteiger partial charge in [-0.2, -0.15) is 0 Å². The molecule has 1 saturated heterocycles. The third-order valence-corrected chi connectivity index (χ3v) is 3.77. The van der Waals surface area contributed by atoms with Gasteiger partial charge in [-0.05, 0) is 20.0 Å². The number of hydrogen-bond acceptors (Lipinski definition) is 5. The van der Waals surface area contributed by atoms with Crippen LogP contribution in [0.5, 0.6) is 0 Å². The number of aliphatic hydroxyl groups is 1. The van der Waals surface area contributed by atoms with Gasteiger partial charge in [-0.1, -0.05) is 0 Å². The number of hydrogen-bond donors (Lipinski definition) is 2. The van der Waals surface area contributed by atoms with E-state index in [0.717, 1.165) is 12.6 Å². The highest BCUT2D eigenvalue weighted by atomic mass is 19.1. The van der Waals surface area contributed by atoms with Gasteiger partial charge in [0.25, 0.3) is 5.69 Å². The Bertz CT molecular complexity index is 522. The van der Waals surface area contributed by atoms with Gasteiger partial charge < -0.3 is 15.3 Å². The number of piperazine rings is 1. The van der Waals surface area contributed by atoms with Gasteiger partial charge in [0, 0.05) is 31.3 Å². The SMILES string of the molecule is CN1CCNC(C(C)(O)c2ccc([N+](=O)[O-])cc2F)C1. The first kappa shape index (κ1) is 14.8. The summed E-state index contributed by atoms with van der Waals surface area (Å²) in [7, 11) is 1.93. The Labute approximate surface area is 116 Å². The van der Waals surface area contributed by atoms with Crippen molar-refractivity contribution in [1.82, 2.24) is 10.2 Å². The summed E-state index contributed by atoms with van der Waals surface area (Å²) in [5.74, 6) is -0.765. The maximum Gasteiger partial charge on any atom is 0.272 e. The fourth-order valence-corrected chi connectivity index (χ4v) is 2.49. The van der Waals surface area contributed by atoms with Crippen LogP contribution in [0.4, 0.5) is 10.1 Å². The van der Waals surface area contributed by atoms with Crippen molar-refractivity contribution in [1.29, 1.82) is 0 Å². The van der Waals surface area contributed by atoms with Gasteiger partial charge in [0.15, 0.2) is 0 Å². The number of rotatable bonds is 3. The molecule has 2 unspecified atom stereocenters. The van der Waals surface area contributed by atoms with Gasteiger partial charge in [0.2, 0.25) is 0 Å². The lowest BCUT2D eigenvalue weighted by atomic mass is 9.86. The maximum atomic E-state index is 14.1. The first-order valence-electron chi connectivity index (χ1n) is 6.41. The number of likely N-dealkylation sites (N-methyl/N-ethyl adjacent to an activating group) is 1. The zero-order valence-corrected chi connectivity index (χ0v) is 11.5. The van der Waals surface area contributed by atoms with E-state index in [1.165, 1.54) is 19.1 Å². The van der Waals surface area contributed by atoms with Crippen LogP contribution < -0.4 is 5.32 Å². The molecule has 0 bridgehead atoms. The van der Waals surface area contributed by atoms with Gasteiger partial charge in [0.05, 0.1) is 17.0 Å². The van der Waals surface area contributed by atoms with E-state index in [1.807, 2.05) is 11.9 Å². The molecule has 0 amide bonds. The molecule has 2 atom stereocenters. The van der Waals surface area contributed by atoms with E-state index in [9.17, 15) is 19.6 Å². The number of nitrogens with zero attached hydrogens (tertiary/aromatic N) is 2. The van der Waals surface area contributed by atoms with E-state index in [0.29, 0.717) is 13.1 Å². The second-order valence-corrected chi connectivity index (χ2v) is 5.34. The molecule has 1 heterocycles. The fraction of sp³-hybridized carbons (Fsp3) is 0.538. The number of halogens is 1. The molecule has 20 heavy (non-hydrogen) atoms. The van der Waals surface area contributed by atoms with E-state index >= 15 is 0 Å². The van der Waals surface area contributed by atoms with Crippen molar-refractivity contribution in [2.75, 3.05) is 26.7 Å². The van der Waals surface area contributed by atoms with Gasteiger partial charge in [-0.3, -0.25) is 10.1 Å². The first-order valence-corrected chi connectivity index (χ1v) is 6.41. The number of nitro groups is 1. The molecule has 6 nitrogen and oxygen atoms in total. The van der Waals surface area contributed by atoms with Crippen molar-refractivity contribution in [3.05, 3.63) is 39.7 Å². The Morgan fingerprint density at radius 2 is 2.30 bits per heavy atom. The summed E-state index contributed by atoms with van der Waals surface area (Å²) in [5, 5.41) is 24.4. The predicted molar refractivity (Wildman–Crippen MR) is 71.9 cm³/mol. The maximum absolute atomic E-state index is 14.1. The van der Waals surface area contributed by atoms with Gasteiger partial charge in [-0.25, -0.2) is 4.39 Å². The molecule has 0 spiro atoms. The Balaban J connectivity index is 2.31. The Hall–Kier alpha value is -1.57. The summed E-state index contributed by atoms with van der Waals surface area (Å²) < 4.78 is 14.1. The topological polar surface area (TPSA) is 78.6 Å². The molecule has 1 aliphatic heterocycles. The molecule has 0 saturated carbocycles. The molecule has 2 rings (SSSR count). The van der Waals surface area contributed by atoms with Crippen LogP contribution in [0.3, 0.4) is 0 Å². The number of benzene rings is 1. The average Bonchev–Trinajstić information content (AvgIpc) is 2.38. The fourth-order valence-electron chi connectivity index (χ4n) is 2.49. The second-order valence-electron chi connectivity index (χ2n) is 5.34. The van der Waals surface area contributed by atoms with Gasteiger partial charge in [-0.15, -0.1) is 0 Å². The summed E-state index contributed by atoms with van der Waals surface area (Å²) >= 11 is 0. The zero-order valence-electron chi connectivity index (χ0n) is 11.5. The number of non-ortho nitro benzene ring substituents is 1. The van der Waals surface area contributed by atoms with Crippen LogP contribution in [-0.4, -0.2) is 47.7 Å². The summed E-state index contributed by atoms with van der Waals surface area (Å²) in [6, 6.07) is 3.00. The average molecular weight is 283 g/mol. The monoisotopic (exact) mass is 283 g/mol. The summed E-state index contributed by atoms with van der Waals surface area (Å²) in [5.41, 5.74) is -1.69. The lowest BCUT2D eigenvalue weighted by Crippen LogP contribution is -2.58. The van der Waals surface area contributed by atoms with E-state index in [-0.39, 0.29) is 17.3 Å². The van der Waals surface area contributed by atoms with E-state index in [1.54, 1.807) is 0 Å². The van der Waals surface area contributed by atoms with E-state index < -0.39 is 16.3 Å². The normalized spacial score (nSPS) is 23.3. The third kappa shape index (κ3) is 2.79. The molecule has 1 aliphatic rings. The Kier molecular flexibility index (Phi) is 4.03. The molecule has 1 aromatic carbocycles. The lowest BCUT2D eigenvalue weighted by molar-refractivity contribution is -0.385. The molecule has 1 fully saturated rings. The first-order chi connectivity index (χ1) is 9.32. The van der Waals surface area contributed by atoms with Crippen LogP contribution in [0, 0.1) is 15.9 Å².